The summed E-state index contributed by atoms with van der Waals surface area (Å²) in [7, 11) is 0. The number of rotatable bonds is 3. The molecular weight excluding hydrogens is 341 g/mol. The van der Waals surface area contributed by atoms with Gasteiger partial charge in [-0.15, -0.1) is 11.3 Å². The number of nitrogens with zero attached hydrogens (tertiary/aromatic N) is 3. The SMILES string of the molecule is O=C(Cn1cnc2scc(-c3cccc(F)c3)c2c1=O)N1CCCC1. The highest BCUT2D eigenvalue weighted by Gasteiger charge is 2.20. The molecule has 1 aliphatic heterocycles. The van der Waals surface area contributed by atoms with Crippen molar-refractivity contribution in [2.75, 3.05) is 13.1 Å². The fraction of sp³-hybridized carbons (Fsp3) is 0.278. The highest BCUT2D eigenvalue weighted by Crippen LogP contribution is 2.30. The Morgan fingerprint density at radius 1 is 1.28 bits per heavy atom. The van der Waals surface area contributed by atoms with Gasteiger partial charge in [0.25, 0.3) is 5.56 Å². The van der Waals surface area contributed by atoms with Crippen LogP contribution < -0.4 is 5.56 Å². The molecule has 7 heteroatoms. The van der Waals surface area contributed by atoms with E-state index in [4.69, 9.17) is 0 Å². The van der Waals surface area contributed by atoms with Gasteiger partial charge in [0.2, 0.25) is 5.91 Å². The van der Waals surface area contributed by atoms with E-state index in [9.17, 15) is 14.0 Å². The van der Waals surface area contributed by atoms with Crippen molar-refractivity contribution >= 4 is 27.5 Å². The number of carbonyl (C=O) groups is 1. The molecule has 1 saturated heterocycles. The van der Waals surface area contributed by atoms with Crippen LogP contribution in [0.4, 0.5) is 4.39 Å². The molecule has 0 unspecified atom stereocenters. The lowest BCUT2D eigenvalue weighted by Gasteiger charge is -2.15. The summed E-state index contributed by atoms with van der Waals surface area (Å²) >= 11 is 1.34. The van der Waals surface area contributed by atoms with Gasteiger partial charge >= 0.3 is 0 Å². The Kier molecular flexibility index (Phi) is 4.09. The van der Waals surface area contributed by atoms with Crippen LogP contribution in [0.15, 0.2) is 40.8 Å². The number of aromatic nitrogens is 2. The lowest BCUT2D eigenvalue weighted by molar-refractivity contribution is -0.130. The van der Waals surface area contributed by atoms with Crippen molar-refractivity contribution in [2.45, 2.75) is 19.4 Å². The minimum Gasteiger partial charge on any atom is -0.341 e. The molecule has 0 radical (unpaired) electrons. The average Bonchev–Trinajstić information content (AvgIpc) is 3.27. The zero-order valence-electron chi connectivity index (χ0n) is 13.4. The Labute approximate surface area is 147 Å². The minimum atomic E-state index is -0.356. The zero-order valence-corrected chi connectivity index (χ0v) is 14.3. The third-order valence-electron chi connectivity index (χ3n) is 4.46. The fourth-order valence-electron chi connectivity index (χ4n) is 3.16. The van der Waals surface area contributed by atoms with E-state index in [1.807, 2.05) is 0 Å². The Morgan fingerprint density at radius 3 is 2.84 bits per heavy atom. The van der Waals surface area contributed by atoms with E-state index in [1.165, 1.54) is 34.4 Å². The van der Waals surface area contributed by atoms with Crippen LogP contribution in [0.3, 0.4) is 0 Å². The molecule has 0 saturated carbocycles. The standard InChI is InChI=1S/C18H16FN3O2S/c19-13-5-3-4-12(8-13)14-10-25-17-16(14)18(24)22(11-20-17)9-15(23)21-6-1-2-7-21/h3-5,8,10-11H,1-2,6-7,9H2. The van der Waals surface area contributed by atoms with Crippen LogP contribution in [-0.4, -0.2) is 33.4 Å². The summed E-state index contributed by atoms with van der Waals surface area (Å²) in [6.07, 6.45) is 3.43. The predicted molar refractivity (Wildman–Crippen MR) is 95.1 cm³/mol. The molecule has 0 atom stereocenters. The Morgan fingerprint density at radius 2 is 2.08 bits per heavy atom. The third kappa shape index (κ3) is 2.95. The number of halogens is 1. The third-order valence-corrected chi connectivity index (χ3v) is 5.35. The summed E-state index contributed by atoms with van der Waals surface area (Å²) < 4.78 is 14.9. The van der Waals surface area contributed by atoms with Gasteiger partial charge in [0.05, 0.1) is 11.7 Å². The highest BCUT2D eigenvalue weighted by atomic mass is 32.1. The van der Waals surface area contributed by atoms with Crippen LogP contribution in [0.1, 0.15) is 12.8 Å². The molecule has 5 nitrogen and oxygen atoms in total. The van der Waals surface area contributed by atoms with Crippen molar-refractivity contribution in [3.63, 3.8) is 0 Å². The monoisotopic (exact) mass is 357 g/mol. The van der Waals surface area contributed by atoms with E-state index in [0.717, 1.165) is 25.9 Å². The Bertz CT molecular complexity index is 1000. The predicted octanol–water partition coefficient (Wildman–Crippen LogP) is 2.89. The molecule has 25 heavy (non-hydrogen) atoms. The second-order valence-corrected chi connectivity index (χ2v) is 6.96. The first-order valence-electron chi connectivity index (χ1n) is 8.14. The second kappa shape index (κ2) is 6.40. The summed E-state index contributed by atoms with van der Waals surface area (Å²) in [4.78, 5) is 31.9. The van der Waals surface area contributed by atoms with Gasteiger partial charge in [-0.2, -0.15) is 0 Å². The molecule has 4 rings (SSSR count). The maximum absolute atomic E-state index is 13.5. The number of thiophene rings is 1. The number of carbonyl (C=O) groups excluding carboxylic acids is 1. The van der Waals surface area contributed by atoms with Crippen molar-refractivity contribution in [1.82, 2.24) is 14.5 Å². The van der Waals surface area contributed by atoms with Gasteiger partial charge in [0, 0.05) is 24.0 Å². The maximum Gasteiger partial charge on any atom is 0.263 e. The van der Waals surface area contributed by atoms with Gasteiger partial charge in [-0.05, 0) is 30.5 Å². The van der Waals surface area contributed by atoms with E-state index in [1.54, 1.807) is 22.4 Å². The highest BCUT2D eigenvalue weighted by molar-refractivity contribution is 7.17. The molecule has 1 fully saturated rings. The van der Waals surface area contributed by atoms with Crippen molar-refractivity contribution in [3.8, 4) is 11.1 Å². The van der Waals surface area contributed by atoms with E-state index < -0.39 is 0 Å². The van der Waals surface area contributed by atoms with Crippen LogP contribution in [-0.2, 0) is 11.3 Å². The first-order valence-corrected chi connectivity index (χ1v) is 9.02. The largest absolute Gasteiger partial charge is 0.341 e. The lowest BCUT2D eigenvalue weighted by atomic mass is 10.1. The quantitative estimate of drug-likeness (QED) is 0.724. The molecule has 1 aliphatic rings. The first-order chi connectivity index (χ1) is 12.1. The number of hydrogen-bond acceptors (Lipinski definition) is 4. The zero-order chi connectivity index (χ0) is 17.4. The molecule has 0 bridgehead atoms. The van der Waals surface area contributed by atoms with Crippen molar-refractivity contribution in [2.24, 2.45) is 0 Å². The number of hydrogen-bond donors (Lipinski definition) is 0. The van der Waals surface area contributed by atoms with Gasteiger partial charge in [-0.3, -0.25) is 14.2 Å². The van der Waals surface area contributed by atoms with E-state index in [-0.39, 0.29) is 23.8 Å². The number of benzene rings is 1. The first kappa shape index (κ1) is 16.0. The summed E-state index contributed by atoms with van der Waals surface area (Å²) in [6, 6.07) is 6.13. The smallest absolute Gasteiger partial charge is 0.263 e. The minimum absolute atomic E-state index is 0.0137. The molecule has 2 aromatic heterocycles. The molecule has 1 aromatic carbocycles. The van der Waals surface area contributed by atoms with Gasteiger partial charge < -0.3 is 4.90 Å². The summed E-state index contributed by atoms with van der Waals surface area (Å²) in [5, 5.41) is 2.24. The van der Waals surface area contributed by atoms with Gasteiger partial charge in [0.15, 0.2) is 0 Å². The molecule has 0 N–H and O–H groups in total. The number of fused-ring (bicyclic) bond motifs is 1. The molecule has 1 amide bonds. The van der Waals surface area contributed by atoms with Crippen LogP contribution in [0, 0.1) is 5.82 Å². The van der Waals surface area contributed by atoms with E-state index in [0.29, 0.717) is 21.3 Å². The van der Waals surface area contributed by atoms with Crippen LogP contribution >= 0.6 is 11.3 Å². The van der Waals surface area contributed by atoms with Gasteiger partial charge in [-0.25, -0.2) is 9.37 Å². The fourth-order valence-corrected chi connectivity index (χ4v) is 4.07. The van der Waals surface area contributed by atoms with Crippen LogP contribution in [0.2, 0.25) is 0 Å². The van der Waals surface area contributed by atoms with Crippen LogP contribution in [0.5, 0.6) is 0 Å². The van der Waals surface area contributed by atoms with Gasteiger partial charge in [-0.1, -0.05) is 12.1 Å². The van der Waals surface area contributed by atoms with Crippen molar-refractivity contribution in [3.05, 3.63) is 52.1 Å². The topological polar surface area (TPSA) is 55.2 Å². The Hall–Kier alpha value is -2.54. The maximum atomic E-state index is 13.5. The molecule has 3 heterocycles. The van der Waals surface area contributed by atoms with Crippen LogP contribution in [0.25, 0.3) is 21.3 Å². The Balaban J connectivity index is 1.75. The molecule has 128 valence electrons. The summed E-state index contributed by atoms with van der Waals surface area (Å²) in [5.74, 6) is -0.423. The summed E-state index contributed by atoms with van der Waals surface area (Å²) in [6.45, 7) is 1.48. The molecule has 3 aromatic rings. The number of amides is 1. The molecular formula is C18H16FN3O2S. The number of likely N-dealkylation sites (tertiary alicyclic amines) is 1. The molecule has 0 spiro atoms. The second-order valence-electron chi connectivity index (χ2n) is 6.11. The van der Waals surface area contributed by atoms with E-state index >= 15 is 0 Å². The summed E-state index contributed by atoms with van der Waals surface area (Å²) in [5.41, 5.74) is 1.02. The van der Waals surface area contributed by atoms with Crippen molar-refractivity contribution < 1.29 is 9.18 Å². The normalized spacial score (nSPS) is 14.4. The van der Waals surface area contributed by atoms with Crippen molar-refractivity contribution in [1.29, 1.82) is 0 Å². The molecule has 0 aliphatic carbocycles. The van der Waals surface area contributed by atoms with Gasteiger partial charge in [0.1, 0.15) is 17.2 Å². The average molecular weight is 357 g/mol. The lowest BCUT2D eigenvalue weighted by Crippen LogP contribution is -2.34. The van der Waals surface area contributed by atoms with E-state index in [2.05, 4.69) is 4.98 Å².